The standard InChI is InChI=1S/C14H25N3O/c1-6-17(7-8-18-5)14-13(10-15-4)11(2)9-12(3)16-14/h9,15H,6-8,10H2,1-5H3. The van der Waals surface area contributed by atoms with Crippen molar-refractivity contribution in [2.45, 2.75) is 27.3 Å². The van der Waals surface area contributed by atoms with Crippen molar-refractivity contribution >= 4 is 5.82 Å². The molecule has 0 saturated carbocycles. The Labute approximate surface area is 110 Å². The fraction of sp³-hybridized carbons (Fsp3) is 0.643. The van der Waals surface area contributed by atoms with E-state index in [2.05, 4.69) is 30.1 Å². The molecule has 102 valence electrons. The fourth-order valence-corrected chi connectivity index (χ4v) is 2.12. The lowest BCUT2D eigenvalue weighted by Crippen LogP contribution is -2.30. The van der Waals surface area contributed by atoms with Crippen LogP contribution in [0.2, 0.25) is 0 Å². The van der Waals surface area contributed by atoms with Crippen LogP contribution >= 0.6 is 0 Å². The van der Waals surface area contributed by atoms with Crippen molar-refractivity contribution < 1.29 is 4.74 Å². The third kappa shape index (κ3) is 3.68. The van der Waals surface area contributed by atoms with Crippen LogP contribution in [-0.4, -0.2) is 38.8 Å². The molecule has 0 saturated heterocycles. The van der Waals surface area contributed by atoms with Crippen molar-refractivity contribution in [3.63, 3.8) is 0 Å². The highest BCUT2D eigenvalue weighted by molar-refractivity contribution is 5.51. The number of anilines is 1. The summed E-state index contributed by atoms with van der Waals surface area (Å²) < 4.78 is 5.17. The molecule has 0 amide bonds. The van der Waals surface area contributed by atoms with Gasteiger partial charge < -0.3 is 15.0 Å². The van der Waals surface area contributed by atoms with Crippen molar-refractivity contribution in [2.75, 3.05) is 38.8 Å². The summed E-state index contributed by atoms with van der Waals surface area (Å²) in [4.78, 5) is 6.98. The van der Waals surface area contributed by atoms with E-state index >= 15 is 0 Å². The van der Waals surface area contributed by atoms with E-state index in [1.165, 1.54) is 11.1 Å². The molecule has 0 spiro atoms. The molecular formula is C14H25N3O. The maximum atomic E-state index is 5.17. The second-order valence-corrected chi connectivity index (χ2v) is 4.49. The second-order valence-electron chi connectivity index (χ2n) is 4.49. The first-order valence-corrected chi connectivity index (χ1v) is 6.49. The average Bonchev–Trinajstić information content (AvgIpc) is 2.34. The molecule has 0 radical (unpaired) electrons. The Balaban J connectivity index is 3.09. The Morgan fingerprint density at radius 3 is 2.67 bits per heavy atom. The molecule has 0 atom stereocenters. The van der Waals surface area contributed by atoms with Gasteiger partial charge in [0.25, 0.3) is 0 Å². The number of methoxy groups -OCH3 is 1. The van der Waals surface area contributed by atoms with Crippen molar-refractivity contribution in [3.05, 3.63) is 22.9 Å². The Bertz CT molecular complexity index is 380. The van der Waals surface area contributed by atoms with Crippen molar-refractivity contribution in [1.82, 2.24) is 10.3 Å². The first kappa shape index (κ1) is 14.9. The van der Waals surface area contributed by atoms with E-state index in [4.69, 9.17) is 9.72 Å². The van der Waals surface area contributed by atoms with Crippen LogP contribution in [0.3, 0.4) is 0 Å². The summed E-state index contributed by atoms with van der Waals surface area (Å²) in [5.74, 6) is 1.08. The molecule has 0 fully saturated rings. The number of likely N-dealkylation sites (N-methyl/N-ethyl adjacent to an activating group) is 1. The van der Waals surface area contributed by atoms with E-state index in [1.54, 1.807) is 7.11 Å². The van der Waals surface area contributed by atoms with Gasteiger partial charge in [-0.1, -0.05) is 0 Å². The van der Waals surface area contributed by atoms with E-state index in [9.17, 15) is 0 Å². The van der Waals surface area contributed by atoms with Gasteiger partial charge in [0, 0.05) is 38.0 Å². The number of aromatic nitrogens is 1. The van der Waals surface area contributed by atoms with Crippen LogP contribution in [0.1, 0.15) is 23.7 Å². The van der Waals surface area contributed by atoms with Crippen LogP contribution in [0.4, 0.5) is 5.82 Å². The minimum absolute atomic E-state index is 0.724. The molecule has 0 bridgehead atoms. The first-order chi connectivity index (χ1) is 8.63. The quantitative estimate of drug-likeness (QED) is 0.803. The predicted octanol–water partition coefficient (Wildman–Crippen LogP) is 1.89. The summed E-state index contributed by atoms with van der Waals surface area (Å²) in [6, 6.07) is 2.14. The van der Waals surface area contributed by atoms with Crippen LogP contribution < -0.4 is 10.2 Å². The number of hydrogen-bond donors (Lipinski definition) is 1. The van der Waals surface area contributed by atoms with Crippen molar-refractivity contribution in [1.29, 1.82) is 0 Å². The molecule has 0 aliphatic heterocycles. The fourth-order valence-electron chi connectivity index (χ4n) is 2.12. The minimum atomic E-state index is 0.724. The van der Waals surface area contributed by atoms with Gasteiger partial charge in [-0.25, -0.2) is 4.98 Å². The number of aryl methyl sites for hydroxylation is 2. The molecule has 1 rings (SSSR count). The largest absolute Gasteiger partial charge is 0.383 e. The van der Waals surface area contributed by atoms with Gasteiger partial charge in [-0.3, -0.25) is 0 Å². The highest BCUT2D eigenvalue weighted by atomic mass is 16.5. The third-order valence-corrected chi connectivity index (χ3v) is 3.05. The topological polar surface area (TPSA) is 37.4 Å². The van der Waals surface area contributed by atoms with Gasteiger partial charge in [0.05, 0.1) is 6.61 Å². The molecule has 1 aromatic heterocycles. The van der Waals surface area contributed by atoms with Gasteiger partial charge in [0.1, 0.15) is 5.82 Å². The van der Waals surface area contributed by atoms with Crippen molar-refractivity contribution in [2.24, 2.45) is 0 Å². The van der Waals surface area contributed by atoms with E-state index < -0.39 is 0 Å². The molecule has 0 aliphatic carbocycles. The summed E-state index contributed by atoms with van der Waals surface area (Å²) in [5, 5.41) is 3.22. The van der Waals surface area contributed by atoms with Crippen LogP contribution in [-0.2, 0) is 11.3 Å². The summed E-state index contributed by atoms with van der Waals surface area (Å²) >= 11 is 0. The predicted molar refractivity (Wildman–Crippen MR) is 76.2 cm³/mol. The van der Waals surface area contributed by atoms with Crippen LogP contribution in [0.25, 0.3) is 0 Å². The molecule has 4 heteroatoms. The molecule has 1 heterocycles. The van der Waals surface area contributed by atoms with Gasteiger partial charge in [-0.15, -0.1) is 0 Å². The summed E-state index contributed by atoms with van der Waals surface area (Å²) in [6.07, 6.45) is 0. The molecule has 0 aromatic carbocycles. The summed E-state index contributed by atoms with van der Waals surface area (Å²) in [5.41, 5.74) is 3.64. The number of ether oxygens (including phenoxy) is 1. The zero-order chi connectivity index (χ0) is 13.5. The third-order valence-electron chi connectivity index (χ3n) is 3.05. The van der Waals surface area contributed by atoms with E-state index in [1.807, 2.05) is 14.0 Å². The van der Waals surface area contributed by atoms with E-state index in [0.29, 0.717) is 0 Å². The number of hydrogen-bond acceptors (Lipinski definition) is 4. The normalized spacial score (nSPS) is 10.7. The number of nitrogens with one attached hydrogen (secondary N) is 1. The summed E-state index contributed by atoms with van der Waals surface area (Å²) in [7, 11) is 3.70. The number of rotatable bonds is 7. The molecule has 1 N–H and O–H groups in total. The highest BCUT2D eigenvalue weighted by Crippen LogP contribution is 2.22. The van der Waals surface area contributed by atoms with Gasteiger partial charge in [0.2, 0.25) is 0 Å². The lowest BCUT2D eigenvalue weighted by Gasteiger charge is -2.25. The number of pyridine rings is 1. The zero-order valence-corrected chi connectivity index (χ0v) is 12.2. The molecule has 18 heavy (non-hydrogen) atoms. The molecule has 4 nitrogen and oxygen atoms in total. The maximum absolute atomic E-state index is 5.17. The van der Waals surface area contributed by atoms with Crippen LogP contribution in [0.15, 0.2) is 6.07 Å². The Morgan fingerprint density at radius 1 is 1.39 bits per heavy atom. The van der Waals surface area contributed by atoms with E-state index in [-0.39, 0.29) is 0 Å². The Hall–Kier alpha value is -1.13. The molecule has 0 unspecified atom stereocenters. The first-order valence-electron chi connectivity index (χ1n) is 6.49. The summed E-state index contributed by atoms with van der Waals surface area (Å²) in [6.45, 7) is 9.73. The highest BCUT2D eigenvalue weighted by Gasteiger charge is 2.13. The van der Waals surface area contributed by atoms with E-state index in [0.717, 1.165) is 37.8 Å². The van der Waals surface area contributed by atoms with Crippen LogP contribution in [0, 0.1) is 13.8 Å². The smallest absolute Gasteiger partial charge is 0.133 e. The molecule has 1 aromatic rings. The Kier molecular flexibility index (Phi) is 6.09. The monoisotopic (exact) mass is 251 g/mol. The lowest BCUT2D eigenvalue weighted by atomic mass is 10.1. The number of nitrogens with zero attached hydrogens (tertiary/aromatic N) is 2. The molecular weight excluding hydrogens is 226 g/mol. The lowest BCUT2D eigenvalue weighted by molar-refractivity contribution is 0.205. The average molecular weight is 251 g/mol. The molecule has 0 aliphatic rings. The van der Waals surface area contributed by atoms with Gasteiger partial charge >= 0.3 is 0 Å². The van der Waals surface area contributed by atoms with Gasteiger partial charge in [-0.2, -0.15) is 0 Å². The van der Waals surface area contributed by atoms with Crippen LogP contribution in [0.5, 0.6) is 0 Å². The van der Waals surface area contributed by atoms with Crippen molar-refractivity contribution in [3.8, 4) is 0 Å². The second kappa shape index (κ2) is 7.34. The van der Waals surface area contributed by atoms with Gasteiger partial charge in [0.15, 0.2) is 0 Å². The minimum Gasteiger partial charge on any atom is -0.383 e. The zero-order valence-electron chi connectivity index (χ0n) is 12.2. The Morgan fingerprint density at radius 2 is 2.11 bits per heavy atom. The van der Waals surface area contributed by atoms with Gasteiger partial charge in [-0.05, 0) is 39.4 Å². The maximum Gasteiger partial charge on any atom is 0.133 e. The SMILES string of the molecule is CCN(CCOC)c1nc(C)cc(C)c1CNC.